The molecule has 1 nitrogen and oxygen atoms in total. The summed E-state index contributed by atoms with van der Waals surface area (Å²) in [4.78, 5) is 0. The van der Waals surface area contributed by atoms with E-state index in [9.17, 15) is 0 Å². The molecule has 1 saturated carbocycles. The highest BCUT2D eigenvalue weighted by atomic mass is 35.5. The Kier molecular flexibility index (Phi) is 1.78. The smallest absolute Gasteiger partial charge is 0.0413 e. The van der Waals surface area contributed by atoms with Gasteiger partial charge < -0.3 is 5.32 Å². The lowest BCUT2D eigenvalue weighted by molar-refractivity contribution is 0.681. The number of hydrogen-bond donors (Lipinski definition) is 1. The highest BCUT2D eigenvalue weighted by Gasteiger charge is 2.58. The minimum atomic E-state index is 0.447. The average Bonchev–Trinajstić information content (AvgIpc) is 2.69. The van der Waals surface area contributed by atoms with Crippen LogP contribution in [-0.4, -0.2) is 13.1 Å². The third-order valence-electron chi connectivity index (χ3n) is 4.14. The second kappa shape index (κ2) is 3.00. The maximum Gasteiger partial charge on any atom is 0.0413 e. The first-order valence-electron chi connectivity index (χ1n) is 5.67. The molecule has 1 aliphatic carbocycles. The maximum atomic E-state index is 6.10. The van der Waals surface area contributed by atoms with Gasteiger partial charge in [-0.1, -0.05) is 11.6 Å². The van der Waals surface area contributed by atoms with E-state index in [-0.39, 0.29) is 0 Å². The van der Waals surface area contributed by atoms with Crippen LogP contribution < -0.4 is 5.32 Å². The Labute approximate surface area is 103 Å². The molecule has 1 N–H and O–H groups in total. The molecule has 0 radical (unpaired) electrons. The Hall–Kier alpha value is -0.570. The van der Waals surface area contributed by atoms with E-state index in [1.54, 1.807) is 0 Å². The van der Waals surface area contributed by atoms with Crippen molar-refractivity contribution in [1.82, 2.24) is 5.32 Å². The molecule has 2 fully saturated rings. The fourth-order valence-electron chi connectivity index (χ4n) is 3.15. The molecule has 2 heterocycles. The summed E-state index contributed by atoms with van der Waals surface area (Å²) in [5.74, 6) is 0.865. The van der Waals surface area contributed by atoms with Gasteiger partial charge in [0.15, 0.2) is 0 Å². The maximum absolute atomic E-state index is 6.10. The summed E-state index contributed by atoms with van der Waals surface area (Å²) in [5, 5.41) is 8.07. The molecule has 2 aromatic rings. The molecule has 3 heteroatoms. The van der Waals surface area contributed by atoms with Crippen molar-refractivity contribution >= 4 is 33.0 Å². The first-order chi connectivity index (χ1) is 7.79. The van der Waals surface area contributed by atoms with Gasteiger partial charge in [0.1, 0.15) is 0 Å². The average molecular weight is 250 g/mol. The standard InChI is InChI=1S/C13H12ClNS/c14-9-1-2-12-10(3-9)11(6-16-12)13-4-8(13)5-15-7-13/h1-3,6,8,15H,4-5,7H2. The lowest BCUT2D eigenvalue weighted by Gasteiger charge is -2.10. The van der Waals surface area contributed by atoms with Gasteiger partial charge in [-0.3, -0.25) is 0 Å². The highest BCUT2D eigenvalue weighted by Crippen LogP contribution is 2.58. The van der Waals surface area contributed by atoms with Crippen molar-refractivity contribution in [3.8, 4) is 0 Å². The zero-order valence-electron chi connectivity index (χ0n) is 8.79. The van der Waals surface area contributed by atoms with Gasteiger partial charge in [0, 0.05) is 21.7 Å². The van der Waals surface area contributed by atoms with Crippen molar-refractivity contribution in [2.45, 2.75) is 11.8 Å². The number of fused-ring (bicyclic) bond motifs is 2. The Morgan fingerprint density at radius 1 is 1.44 bits per heavy atom. The minimum Gasteiger partial charge on any atom is -0.316 e. The van der Waals surface area contributed by atoms with E-state index < -0.39 is 0 Å². The van der Waals surface area contributed by atoms with E-state index in [4.69, 9.17) is 11.6 Å². The molecule has 1 aromatic heterocycles. The van der Waals surface area contributed by atoms with Crippen LogP contribution in [0.15, 0.2) is 23.6 Å². The number of thiophene rings is 1. The van der Waals surface area contributed by atoms with Gasteiger partial charge in [0.25, 0.3) is 0 Å². The van der Waals surface area contributed by atoms with Gasteiger partial charge in [-0.15, -0.1) is 11.3 Å². The van der Waals surface area contributed by atoms with Crippen LogP contribution in [0, 0.1) is 5.92 Å². The SMILES string of the molecule is Clc1ccc2scc(C34CNCC3C4)c2c1. The molecule has 4 rings (SSSR count). The molecule has 16 heavy (non-hydrogen) atoms. The fraction of sp³-hybridized carbons (Fsp3) is 0.385. The normalized spacial score (nSPS) is 31.9. The van der Waals surface area contributed by atoms with Crippen LogP contribution in [0.4, 0.5) is 0 Å². The van der Waals surface area contributed by atoms with Crippen LogP contribution in [0.3, 0.4) is 0 Å². The van der Waals surface area contributed by atoms with Crippen LogP contribution in [0.1, 0.15) is 12.0 Å². The molecular formula is C13H12ClNS. The molecule has 2 unspecified atom stereocenters. The third-order valence-corrected chi connectivity index (χ3v) is 5.33. The van der Waals surface area contributed by atoms with Crippen LogP contribution in [0.2, 0.25) is 5.02 Å². The number of halogens is 1. The van der Waals surface area contributed by atoms with Crippen molar-refractivity contribution in [2.75, 3.05) is 13.1 Å². The first kappa shape index (κ1) is 9.46. The molecule has 0 amide bonds. The number of hydrogen-bond acceptors (Lipinski definition) is 2. The summed E-state index contributed by atoms with van der Waals surface area (Å²) >= 11 is 7.95. The highest BCUT2D eigenvalue weighted by molar-refractivity contribution is 7.17. The van der Waals surface area contributed by atoms with Crippen molar-refractivity contribution in [1.29, 1.82) is 0 Å². The van der Waals surface area contributed by atoms with Crippen molar-refractivity contribution < 1.29 is 0 Å². The number of nitrogens with one attached hydrogen (secondary N) is 1. The van der Waals surface area contributed by atoms with Crippen LogP contribution in [0.25, 0.3) is 10.1 Å². The second-order valence-corrected chi connectivity index (χ2v) is 6.33. The minimum absolute atomic E-state index is 0.447. The number of benzene rings is 1. The van der Waals surface area contributed by atoms with Crippen molar-refractivity contribution in [3.63, 3.8) is 0 Å². The second-order valence-electron chi connectivity index (χ2n) is 4.98. The van der Waals surface area contributed by atoms with Crippen molar-refractivity contribution in [3.05, 3.63) is 34.2 Å². The summed E-state index contributed by atoms with van der Waals surface area (Å²) < 4.78 is 1.37. The third kappa shape index (κ3) is 1.10. The summed E-state index contributed by atoms with van der Waals surface area (Å²) in [6.07, 6.45) is 1.36. The summed E-state index contributed by atoms with van der Waals surface area (Å²) in [5.41, 5.74) is 1.98. The Balaban J connectivity index is 1.95. The zero-order chi connectivity index (χ0) is 10.8. The molecule has 1 aliphatic heterocycles. The molecule has 0 spiro atoms. The van der Waals surface area contributed by atoms with Crippen LogP contribution >= 0.6 is 22.9 Å². The lowest BCUT2D eigenvalue weighted by atomic mass is 9.95. The summed E-state index contributed by atoms with van der Waals surface area (Å²) in [6, 6.07) is 6.26. The van der Waals surface area contributed by atoms with Gasteiger partial charge in [-0.05, 0) is 53.4 Å². The van der Waals surface area contributed by atoms with Gasteiger partial charge in [0.05, 0.1) is 0 Å². The largest absolute Gasteiger partial charge is 0.316 e. The predicted octanol–water partition coefficient (Wildman–Crippen LogP) is 3.42. The van der Waals surface area contributed by atoms with E-state index in [2.05, 4.69) is 22.8 Å². The molecule has 1 saturated heterocycles. The lowest BCUT2D eigenvalue weighted by Crippen LogP contribution is -2.18. The van der Waals surface area contributed by atoms with E-state index in [0.717, 1.165) is 17.5 Å². The molecular weight excluding hydrogens is 238 g/mol. The number of rotatable bonds is 1. The molecule has 2 aliphatic rings. The molecule has 2 atom stereocenters. The van der Waals surface area contributed by atoms with Crippen LogP contribution in [-0.2, 0) is 5.41 Å². The monoisotopic (exact) mass is 249 g/mol. The topological polar surface area (TPSA) is 12.0 Å². The van der Waals surface area contributed by atoms with Crippen molar-refractivity contribution in [2.24, 2.45) is 5.92 Å². The first-order valence-corrected chi connectivity index (χ1v) is 6.93. The van der Waals surface area contributed by atoms with E-state index in [0.29, 0.717) is 5.41 Å². The summed E-state index contributed by atoms with van der Waals surface area (Å²) in [6.45, 7) is 2.34. The van der Waals surface area contributed by atoms with Gasteiger partial charge in [0.2, 0.25) is 0 Å². The Morgan fingerprint density at radius 2 is 2.38 bits per heavy atom. The molecule has 82 valence electrons. The number of piperidine rings is 1. The van der Waals surface area contributed by atoms with Gasteiger partial charge in [-0.25, -0.2) is 0 Å². The van der Waals surface area contributed by atoms with Gasteiger partial charge in [-0.2, -0.15) is 0 Å². The Bertz CT molecular complexity index is 576. The summed E-state index contributed by atoms with van der Waals surface area (Å²) in [7, 11) is 0. The van der Waals surface area contributed by atoms with Gasteiger partial charge >= 0.3 is 0 Å². The van der Waals surface area contributed by atoms with Crippen LogP contribution in [0.5, 0.6) is 0 Å². The quantitative estimate of drug-likeness (QED) is 0.817. The molecule has 1 aromatic carbocycles. The Morgan fingerprint density at radius 3 is 3.12 bits per heavy atom. The van der Waals surface area contributed by atoms with E-state index in [1.165, 1.54) is 28.6 Å². The zero-order valence-corrected chi connectivity index (χ0v) is 10.4. The van der Waals surface area contributed by atoms with E-state index >= 15 is 0 Å². The molecule has 0 bridgehead atoms. The predicted molar refractivity (Wildman–Crippen MR) is 69.5 cm³/mol. The fourth-order valence-corrected chi connectivity index (χ4v) is 4.37. The van der Waals surface area contributed by atoms with E-state index in [1.807, 2.05) is 17.4 Å².